The van der Waals surface area contributed by atoms with Gasteiger partial charge >= 0.3 is 0 Å². The van der Waals surface area contributed by atoms with Gasteiger partial charge in [-0.15, -0.1) is 0 Å². The van der Waals surface area contributed by atoms with Crippen molar-refractivity contribution in [3.63, 3.8) is 0 Å². The molecule has 0 radical (unpaired) electrons. The van der Waals surface area contributed by atoms with Crippen LogP contribution >= 0.6 is 0 Å². The summed E-state index contributed by atoms with van der Waals surface area (Å²) >= 11 is 0. The molecule has 7 aliphatic rings. The van der Waals surface area contributed by atoms with E-state index in [1.54, 1.807) is 4.90 Å². The lowest BCUT2D eigenvalue weighted by Gasteiger charge is -2.40. The van der Waals surface area contributed by atoms with Crippen molar-refractivity contribution in [1.82, 2.24) is 25.3 Å². The molecule has 304 valence electrons. The summed E-state index contributed by atoms with van der Waals surface area (Å²) < 4.78 is 0. The van der Waals surface area contributed by atoms with E-state index >= 15 is 0 Å². The van der Waals surface area contributed by atoms with E-state index in [0.29, 0.717) is 31.3 Å². The number of piperidine rings is 1. The number of carbonyl (C=O) groups excluding carboxylic acids is 3. The number of hydrogen-bond donors (Lipinski definition) is 3. The Morgan fingerprint density at radius 3 is 2.09 bits per heavy atom. The quantitative estimate of drug-likeness (QED) is 0.107. The summed E-state index contributed by atoms with van der Waals surface area (Å²) in [5, 5.41) is 16.5. The van der Waals surface area contributed by atoms with Gasteiger partial charge in [0.2, 0.25) is 17.7 Å². The minimum atomic E-state index is -0.470. The van der Waals surface area contributed by atoms with Crippen LogP contribution in [-0.2, 0) is 14.4 Å². The Bertz CT molecular complexity index is 1270. The molecule has 3 N–H and O–H groups in total. The molecule has 54 heavy (non-hydrogen) atoms. The Balaban J connectivity index is 0.761. The molecule has 3 heterocycles. The van der Waals surface area contributed by atoms with Gasteiger partial charge in [-0.2, -0.15) is 0 Å². The maximum atomic E-state index is 13.1. The highest BCUT2D eigenvalue weighted by molar-refractivity contribution is 6.02. The van der Waals surface area contributed by atoms with Gasteiger partial charge in [-0.25, -0.2) is 0 Å². The molecule has 0 aromatic rings. The zero-order chi connectivity index (χ0) is 37.4. The first-order valence-corrected chi connectivity index (χ1v) is 23.1. The maximum Gasteiger partial charge on any atom is 0.249 e. The molecule has 7 rings (SSSR count). The number of likely N-dealkylation sites (tertiary alicyclic amines) is 1. The van der Waals surface area contributed by atoms with Crippen molar-refractivity contribution in [2.24, 2.45) is 35.5 Å². The van der Waals surface area contributed by atoms with Crippen molar-refractivity contribution in [2.75, 3.05) is 52.4 Å². The van der Waals surface area contributed by atoms with Crippen LogP contribution in [0.5, 0.6) is 0 Å². The fraction of sp³-hybridized carbons (Fsp3) is 0.889. The second-order valence-corrected chi connectivity index (χ2v) is 18.9. The third-order valence-electron chi connectivity index (χ3n) is 15.5. The van der Waals surface area contributed by atoms with Gasteiger partial charge in [0.25, 0.3) is 0 Å². The molecular formula is C45H75N5O4. The Morgan fingerprint density at radius 1 is 0.759 bits per heavy atom. The van der Waals surface area contributed by atoms with Crippen LogP contribution in [0.3, 0.4) is 0 Å². The van der Waals surface area contributed by atoms with E-state index in [1.165, 1.54) is 123 Å². The smallest absolute Gasteiger partial charge is 0.249 e. The predicted molar refractivity (Wildman–Crippen MR) is 215 cm³/mol. The summed E-state index contributed by atoms with van der Waals surface area (Å²) in [7, 11) is 0. The lowest BCUT2D eigenvalue weighted by molar-refractivity contribution is -0.144. The first-order chi connectivity index (χ1) is 26.4. The van der Waals surface area contributed by atoms with Crippen molar-refractivity contribution in [2.45, 2.75) is 166 Å². The Kier molecular flexibility index (Phi) is 14.6. The van der Waals surface area contributed by atoms with Gasteiger partial charge < -0.3 is 25.1 Å². The zero-order valence-electron chi connectivity index (χ0n) is 33.9. The number of hydrogen-bond acceptors (Lipinski definition) is 7. The number of amides is 3. The highest BCUT2D eigenvalue weighted by Gasteiger charge is 2.48. The minimum Gasteiger partial charge on any atom is -0.393 e. The van der Waals surface area contributed by atoms with Crippen LogP contribution in [0.25, 0.3) is 0 Å². The Labute approximate surface area is 327 Å². The van der Waals surface area contributed by atoms with Crippen LogP contribution in [0, 0.1) is 35.5 Å². The molecule has 3 aliphatic heterocycles. The van der Waals surface area contributed by atoms with Crippen LogP contribution in [0.15, 0.2) is 11.1 Å². The number of aliphatic hydroxyl groups is 1. The number of fused-ring (bicyclic) bond motifs is 1. The SMILES string of the molecule is CC/C(=C(\C1CCC(O)CC1)C1CCC(CCCN2CCN(CCCNC3CCC4C(=O)N(C5CCC(=O)NC5=O)CC4C3)CC2)CC1)C1CCCCC1. The molecule has 0 spiro atoms. The molecule has 9 heteroatoms. The van der Waals surface area contributed by atoms with Crippen molar-refractivity contribution in [1.29, 1.82) is 0 Å². The summed E-state index contributed by atoms with van der Waals surface area (Å²) in [6.45, 7) is 11.3. The lowest BCUT2D eigenvalue weighted by atomic mass is 9.66. The Hall–Kier alpha value is -1.81. The van der Waals surface area contributed by atoms with Gasteiger partial charge in [0.1, 0.15) is 6.04 Å². The number of nitrogens with one attached hydrogen (secondary N) is 2. The molecule has 4 atom stereocenters. The predicted octanol–water partition coefficient (Wildman–Crippen LogP) is 6.44. The molecule has 4 saturated carbocycles. The molecule has 0 aromatic carbocycles. The third-order valence-corrected chi connectivity index (χ3v) is 15.5. The van der Waals surface area contributed by atoms with Crippen molar-refractivity contribution < 1.29 is 19.5 Å². The van der Waals surface area contributed by atoms with Crippen LogP contribution in [0.1, 0.15) is 148 Å². The largest absolute Gasteiger partial charge is 0.393 e. The summed E-state index contributed by atoms with van der Waals surface area (Å²) in [5.41, 5.74) is 3.79. The topological polar surface area (TPSA) is 105 Å². The van der Waals surface area contributed by atoms with Gasteiger partial charge in [0.15, 0.2) is 0 Å². The molecule has 9 nitrogen and oxygen atoms in total. The van der Waals surface area contributed by atoms with E-state index in [2.05, 4.69) is 27.4 Å². The number of aliphatic hydroxyl groups excluding tert-OH is 1. The van der Waals surface area contributed by atoms with E-state index in [4.69, 9.17) is 0 Å². The van der Waals surface area contributed by atoms with Crippen LogP contribution in [0.4, 0.5) is 0 Å². The van der Waals surface area contributed by atoms with E-state index in [-0.39, 0.29) is 29.7 Å². The summed E-state index contributed by atoms with van der Waals surface area (Å²) in [6, 6.07) is -0.0176. The van der Waals surface area contributed by atoms with Crippen LogP contribution < -0.4 is 10.6 Å². The van der Waals surface area contributed by atoms with Crippen molar-refractivity contribution in [3.05, 3.63) is 11.1 Å². The minimum absolute atomic E-state index is 0.0448. The van der Waals surface area contributed by atoms with Gasteiger partial charge in [0, 0.05) is 51.1 Å². The number of rotatable bonds is 14. The molecule has 4 aliphatic carbocycles. The molecule has 0 aromatic heterocycles. The fourth-order valence-corrected chi connectivity index (χ4v) is 12.4. The molecule has 4 unspecified atom stereocenters. The fourth-order valence-electron chi connectivity index (χ4n) is 12.4. The first-order valence-electron chi connectivity index (χ1n) is 23.1. The van der Waals surface area contributed by atoms with Crippen molar-refractivity contribution in [3.8, 4) is 0 Å². The summed E-state index contributed by atoms with van der Waals surface area (Å²) in [4.78, 5) is 44.3. The standard InChI is InChI=1S/C45H75N5O4/c1-2-39(33-9-4-3-5-10-33)43(35-15-18-38(51)19-16-35)34-13-11-32(12-14-34)8-6-24-48-26-28-49(29-27-48)25-7-23-46-37-17-20-40-36(30-37)31-50(45(40)54)41-21-22-42(52)47-44(41)53/h32-38,40-41,46,51H,2-31H2,1H3,(H,47,52,53)/b43-39+. The molecular weight excluding hydrogens is 675 g/mol. The van der Waals surface area contributed by atoms with E-state index in [1.807, 2.05) is 11.1 Å². The third kappa shape index (κ3) is 10.2. The van der Waals surface area contributed by atoms with Crippen LogP contribution in [-0.4, -0.2) is 108 Å². The number of nitrogens with zero attached hydrogens (tertiary/aromatic N) is 3. The average molecular weight is 750 g/mol. The normalized spacial score (nSPS) is 35.5. The number of piperazine rings is 1. The highest BCUT2D eigenvalue weighted by Crippen LogP contribution is 2.47. The van der Waals surface area contributed by atoms with E-state index < -0.39 is 6.04 Å². The van der Waals surface area contributed by atoms with Crippen molar-refractivity contribution >= 4 is 17.7 Å². The molecule has 3 amide bonds. The van der Waals surface area contributed by atoms with Gasteiger partial charge in [-0.1, -0.05) is 37.3 Å². The lowest BCUT2D eigenvalue weighted by Crippen LogP contribution is -2.53. The Morgan fingerprint density at radius 2 is 1.43 bits per heavy atom. The second-order valence-electron chi connectivity index (χ2n) is 18.9. The summed E-state index contributed by atoms with van der Waals surface area (Å²) in [5.74, 6) is 3.29. The maximum absolute atomic E-state index is 13.1. The monoisotopic (exact) mass is 750 g/mol. The molecule has 0 bridgehead atoms. The zero-order valence-corrected chi connectivity index (χ0v) is 33.9. The van der Waals surface area contributed by atoms with Gasteiger partial charge in [-0.3, -0.25) is 19.7 Å². The molecule has 3 saturated heterocycles. The summed E-state index contributed by atoms with van der Waals surface area (Å²) in [6.07, 6.45) is 26.1. The van der Waals surface area contributed by atoms with Gasteiger partial charge in [-0.05, 0) is 165 Å². The number of imide groups is 1. The van der Waals surface area contributed by atoms with E-state index in [9.17, 15) is 19.5 Å². The average Bonchev–Trinajstić information content (AvgIpc) is 3.52. The van der Waals surface area contributed by atoms with Crippen LogP contribution in [0.2, 0.25) is 0 Å². The number of allylic oxidation sites excluding steroid dienone is 2. The first kappa shape index (κ1) is 40.4. The highest BCUT2D eigenvalue weighted by atomic mass is 16.3. The van der Waals surface area contributed by atoms with Gasteiger partial charge in [0.05, 0.1) is 6.10 Å². The van der Waals surface area contributed by atoms with E-state index in [0.717, 1.165) is 75.3 Å². The number of carbonyl (C=O) groups is 3. The molecule has 7 fully saturated rings. The second kappa shape index (κ2) is 19.6.